The van der Waals surface area contributed by atoms with Gasteiger partial charge in [-0.15, -0.1) is 11.3 Å². The molecule has 0 spiro atoms. The summed E-state index contributed by atoms with van der Waals surface area (Å²) < 4.78 is 5.09. The molecule has 1 aliphatic rings. The van der Waals surface area contributed by atoms with Crippen LogP contribution in [0.25, 0.3) is 0 Å². The van der Waals surface area contributed by atoms with Gasteiger partial charge in [0.25, 0.3) is 5.91 Å². The van der Waals surface area contributed by atoms with Crippen molar-refractivity contribution in [3.05, 3.63) is 21.9 Å². The Morgan fingerprint density at radius 1 is 1.69 bits per heavy atom. The predicted molar refractivity (Wildman–Crippen MR) is 64.6 cm³/mol. The Labute approximate surface area is 100 Å². The monoisotopic (exact) mass is 239 g/mol. The van der Waals surface area contributed by atoms with Crippen molar-refractivity contribution in [1.82, 2.24) is 4.90 Å². The SMILES string of the molecule is COC(C)C(=O)N1CCc2sccc2C1C. The second-order valence-corrected chi connectivity index (χ2v) is 5.14. The molecule has 0 N–H and O–H groups in total. The van der Waals surface area contributed by atoms with E-state index in [-0.39, 0.29) is 18.1 Å². The van der Waals surface area contributed by atoms with Gasteiger partial charge in [-0.2, -0.15) is 0 Å². The third-order valence-corrected chi connectivity index (χ3v) is 4.26. The minimum absolute atomic E-state index is 0.0897. The standard InChI is InChI=1S/C12H17NO2S/c1-8-10-5-7-16-11(10)4-6-13(8)12(14)9(2)15-3/h5,7-9H,4,6H2,1-3H3. The third-order valence-electron chi connectivity index (χ3n) is 3.26. The van der Waals surface area contributed by atoms with Gasteiger partial charge in [-0.05, 0) is 37.3 Å². The van der Waals surface area contributed by atoms with Gasteiger partial charge in [0.05, 0.1) is 6.04 Å². The summed E-state index contributed by atoms with van der Waals surface area (Å²) in [5, 5.41) is 2.11. The van der Waals surface area contributed by atoms with Crippen molar-refractivity contribution in [2.75, 3.05) is 13.7 Å². The van der Waals surface area contributed by atoms with E-state index in [1.54, 1.807) is 25.4 Å². The first-order chi connectivity index (χ1) is 7.65. The van der Waals surface area contributed by atoms with Crippen molar-refractivity contribution in [1.29, 1.82) is 0 Å². The molecule has 0 fully saturated rings. The topological polar surface area (TPSA) is 29.5 Å². The highest BCUT2D eigenvalue weighted by molar-refractivity contribution is 7.10. The van der Waals surface area contributed by atoms with Crippen LogP contribution in [0.2, 0.25) is 0 Å². The molecule has 0 aliphatic carbocycles. The van der Waals surface area contributed by atoms with Crippen molar-refractivity contribution >= 4 is 17.2 Å². The fourth-order valence-electron chi connectivity index (χ4n) is 2.14. The van der Waals surface area contributed by atoms with Crippen molar-refractivity contribution in [2.24, 2.45) is 0 Å². The number of carbonyl (C=O) groups is 1. The number of carbonyl (C=O) groups excluding carboxylic acids is 1. The van der Waals surface area contributed by atoms with Crippen molar-refractivity contribution in [2.45, 2.75) is 32.4 Å². The van der Waals surface area contributed by atoms with Crippen LogP contribution < -0.4 is 0 Å². The Balaban J connectivity index is 2.18. The van der Waals surface area contributed by atoms with Gasteiger partial charge in [0, 0.05) is 18.5 Å². The molecule has 88 valence electrons. The Morgan fingerprint density at radius 2 is 2.44 bits per heavy atom. The van der Waals surface area contributed by atoms with E-state index in [0.29, 0.717) is 0 Å². The number of hydrogen-bond acceptors (Lipinski definition) is 3. The minimum atomic E-state index is -0.345. The van der Waals surface area contributed by atoms with E-state index >= 15 is 0 Å². The van der Waals surface area contributed by atoms with Crippen molar-refractivity contribution in [3.8, 4) is 0 Å². The van der Waals surface area contributed by atoms with Gasteiger partial charge in [0.2, 0.25) is 0 Å². The average Bonchev–Trinajstić information content (AvgIpc) is 2.76. The molecule has 0 saturated heterocycles. The van der Waals surface area contributed by atoms with Gasteiger partial charge < -0.3 is 9.64 Å². The molecule has 1 aliphatic heterocycles. The number of rotatable bonds is 2. The molecular formula is C12H17NO2S. The molecule has 0 radical (unpaired) electrons. The molecule has 1 amide bonds. The lowest BCUT2D eigenvalue weighted by Crippen LogP contribution is -2.43. The molecule has 2 heterocycles. The number of hydrogen-bond donors (Lipinski definition) is 0. The van der Waals surface area contributed by atoms with Crippen LogP contribution in [-0.2, 0) is 16.0 Å². The maximum atomic E-state index is 12.1. The predicted octanol–water partition coefficient (Wildman–Crippen LogP) is 2.23. The summed E-state index contributed by atoms with van der Waals surface area (Å²) in [6.07, 6.45) is 0.627. The summed E-state index contributed by atoms with van der Waals surface area (Å²) in [4.78, 5) is 15.4. The number of nitrogens with zero attached hydrogens (tertiary/aromatic N) is 1. The molecule has 1 aromatic heterocycles. The number of fused-ring (bicyclic) bond motifs is 1. The highest BCUT2D eigenvalue weighted by Crippen LogP contribution is 2.33. The van der Waals surface area contributed by atoms with Crippen LogP contribution in [0.4, 0.5) is 0 Å². The van der Waals surface area contributed by atoms with Crippen LogP contribution in [0.1, 0.15) is 30.3 Å². The van der Waals surface area contributed by atoms with Crippen LogP contribution in [0.15, 0.2) is 11.4 Å². The lowest BCUT2D eigenvalue weighted by molar-refractivity contribution is -0.143. The van der Waals surface area contributed by atoms with Gasteiger partial charge in [-0.1, -0.05) is 0 Å². The Morgan fingerprint density at radius 3 is 3.12 bits per heavy atom. The summed E-state index contributed by atoms with van der Waals surface area (Å²) >= 11 is 1.79. The normalized spacial score (nSPS) is 21.7. The van der Waals surface area contributed by atoms with Crippen LogP contribution >= 0.6 is 11.3 Å². The van der Waals surface area contributed by atoms with E-state index in [9.17, 15) is 4.79 Å². The number of thiophene rings is 1. The maximum absolute atomic E-state index is 12.1. The molecule has 3 nitrogen and oxygen atoms in total. The smallest absolute Gasteiger partial charge is 0.251 e. The van der Waals surface area contributed by atoms with Gasteiger partial charge in [-0.3, -0.25) is 4.79 Å². The van der Waals surface area contributed by atoms with Crippen LogP contribution in [0.5, 0.6) is 0 Å². The minimum Gasteiger partial charge on any atom is -0.372 e. The quantitative estimate of drug-likeness (QED) is 0.792. The zero-order valence-electron chi connectivity index (χ0n) is 9.90. The fourth-order valence-corrected chi connectivity index (χ4v) is 3.11. The Kier molecular flexibility index (Phi) is 3.30. The highest BCUT2D eigenvalue weighted by Gasteiger charge is 2.30. The van der Waals surface area contributed by atoms with E-state index < -0.39 is 0 Å². The molecule has 4 heteroatoms. The van der Waals surface area contributed by atoms with E-state index in [4.69, 9.17) is 4.74 Å². The number of ether oxygens (including phenoxy) is 1. The summed E-state index contributed by atoms with van der Waals surface area (Å²) in [7, 11) is 1.58. The molecule has 2 rings (SSSR count). The van der Waals surface area contributed by atoms with Crippen molar-refractivity contribution in [3.63, 3.8) is 0 Å². The largest absolute Gasteiger partial charge is 0.372 e. The molecule has 0 bridgehead atoms. The lowest BCUT2D eigenvalue weighted by atomic mass is 10.0. The molecule has 0 saturated carbocycles. The van der Waals surface area contributed by atoms with Gasteiger partial charge >= 0.3 is 0 Å². The summed E-state index contributed by atoms with van der Waals surface area (Å²) in [6.45, 7) is 4.70. The molecule has 16 heavy (non-hydrogen) atoms. The molecule has 2 atom stereocenters. The molecule has 1 aromatic rings. The third kappa shape index (κ3) is 1.87. The van der Waals surface area contributed by atoms with Crippen LogP contribution in [-0.4, -0.2) is 30.6 Å². The second-order valence-electron chi connectivity index (χ2n) is 4.13. The molecule has 0 aromatic carbocycles. The summed E-state index contributed by atoms with van der Waals surface area (Å²) in [5.74, 6) is 0.0897. The first-order valence-corrected chi connectivity index (χ1v) is 6.42. The van der Waals surface area contributed by atoms with Gasteiger partial charge in [-0.25, -0.2) is 0 Å². The second kappa shape index (κ2) is 4.55. The fraction of sp³-hybridized carbons (Fsp3) is 0.583. The first-order valence-electron chi connectivity index (χ1n) is 5.54. The Hall–Kier alpha value is -0.870. The lowest BCUT2D eigenvalue weighted by Gasteiger charge is -2.35. The van der Waals surface area contributed by atoms with Crippen LogP contribution in [0, 0.1) is 0 Å². The van der Waals surface area contributed by atoms with Gasteiger partial charge in [0.1, 0.15) is 6.10 Å². The van der Waals surface area contributed by atoms with E-state index in [0.717, 1.165) is 13.0 Å². The Bertz CT molecular complexity index is 388. The van der Waals surface area contributed by atoms with E-state index in [1.165, 1.54) is 10.4 Å². The van der Waals surface area contributed by atoms with E-state index in [1.807, 2.05) is 4.90 Å². The van der Waals surface area contributed by atoms with Gasteiger partial charge in [0.15, 0.2) is 0 Å². The summed E-state index contributed by atoms with van der Waals surface area (Å²) in [6, 6.07) is 2.31. The zero-order valence-corrected chi connectivity index (χ0v) is 10.7. The van der Waals surface area contributed by atoms with Crippen LogP contribution in [0.3, 0.4) is 0 Å². The number of methoxy groups -OCH3 is 1. The average molecular weight is 239 g/mol. The first kappa shape index (κ1) is 11.6. The van der Waals surface area contributed by atoms with Crippen molar-refractivity contribution < 1.29 is 9.53 Å². The summed E-state index contributed by atoms with van der Waals surface area (Å²) in [5.41, 5.74) is 1.30. The maximum Gasteiger partial charge on any atom is 0.251 e. The molecular weight excluding hydrogens is 222 g/mol. The zero-order chi connectivity index (χ0) is 11.7. The highest BCUT2D eigenvalue weighted by atomic mass is 32.1. The van der Waals surface area contributed by atoms with E-state index in [2.05, 4.69) is 18.4 Å². The number of amides is 1. The molecule has 2 unspecified atom stereocenters.